The van der Waals surface area contributed by atoms with Crippen molar-refractivity contribution in [2.45, 2.75) is 0 Å². The maximum absolute atomic E-state index is 13.7. The lowest BCUT2D eigenvalue weighted by atomic mass is 10.0. The van der Waals surface area contributed by atoms with E-state index in [1.54, 1.807) is 12.3 Å². The number of aromatic amines is 1. The number of hydrogen-bond acceptors (Lipinski definition) is 3. The Balaban J connectivity index is 1.80. The summed E-state index contributed by atoms with van der Waals surface area (Å²) in [6.45, 7) is 2.04. The third-order valence-corrected chi connectivity index (χ3v) is 4.56. The molecule has 0 unspecified atom stereocenters. The zero-order valence-corrected chi connectivity index (χ0v) is 13.4. The second-order valence-corrected chi connectivity index (χ2v) is 6.03. The van der Waals surface area contributed by atoms with E-state index < -0.39 is 6.09 Å². The number of carbonyl (C=O) groups is 1. The molecule has 4 rings (SSSR count). The lowest BCUT2D eigenvalue weighted by Gasteiger charge is -2.36. The van der Waals surface area contributed by atoms with Gasteiger partial charge in [-0.25, -0.2) is 14.2 Å². The van der Waals surface area contributed by atoms with E-state index in [1.165, 1.54) is 17.0 Å². The Morgan fingerprint density at radius 1 is 1.20 bits per heavy atom. The van der Waals surface area contributed by atoms with Gasteiger partial charge in [-0.15, -0.1) is 0 Å². The fourth-order valence-corrected chi connectivity index (χ4v) is 3.32. The van der Waals surface area contributed by atoms with Gasteiger partial charge >= 0.3 is 6.09 Å². The molecule has 0 atom stereocenters. The van der Waals surface area contributed by atoms with E-state index in [9.17, 15) is 9.18 Å². The molecular formula is C18H17FN4O2. The van der Waals surface area contributed by atoms with Crippen LogP contribution in [0.3, 0.4) is 0 Å². The van der Waals surface area contributed by atoms with Crippen LogP contribution in [0.15, 0.2) is 42.7 Å². The highest BCUT2D eigenvalue weighted by molar-refractivity contribution is 5.98. The second-order valence-electron chi connectivity index (χ2n) is 6.03. The molecule has 6 nitrogen and oxygen atoms in total. The topological polar surface area (TPSA) is 72.5 Å². The molecule has 1 aromatic carbocycles. The van der Waals surface area contributed by atoms with Gasteiger partial charge in [-0.05, 0) is 23.8 Å². The van der Waals surface area contributed by atoms with Gasteiger partial charge in [0.25, 0.3) is 0 Å². The smallest absolute Gasteiger partial charge is 0.407 e. The van der Waals surface area contributed by atoms with Crippen LogP contribution < -0.4 is 4.90 Å². The van der Waals surface area contributed by atoms with Crippen LogP contribution >= 0.6 is 0 Å². The molecular weight excluding hydrogens is 323 g/mol. The summed E-state index contributed by atoms with van der Waals surface area (Å²) in [5, 5.41) is 10.1. The number of nitrogens with zero attached hydrogens (tertiary/aromatic N) is 3. The molecule has 1 saturated heterocycles. The number of fused-ring (bicyclic) bond motifs is 1. The Kier molecular flexibility index (Phi) is 3.76. The van der Waals surface area contributed by atoms with Crippen LogP contribution in [0.5, 0.6) is 0 Å². The minimum absolute atomic E-state index is 0.298. The highest BCUT2D eigenvalue weighted by atomic mass is 19.1. The molecule has 0 aliphatic carbocycles. The third-order valence-electron chi connectivity index (χ3n) is 4.56. The number of anilines is 1. The minimum atomic E-state index is -0.897. The maximum atomic E-state index is 13.7. The standard InChI is InChI=1S/C18H17FN4O2/c19-13-3-1-2-12(10-13)15-11-21-17-14(4-5-20-17)16(15)22-6-8-23(9-7-22)18(24)25/h1-5,10-11H,6-9H2,(H,20,21)(H,24,25). The first-order chi connectivity index (χ1) is 12.1. The quantitative estimate of drug-likeness (QED) is 0.752. The summed E-state index contributed by atoms with van der Waals surface area (Å²) in [6.07, 6.45) is 2.67. The molecule has 7 heteroatoms. The Morgan fingerprint density at radius 2 is 2.00 bits per heavy atom. The Bertz CT molecular complexity index is 932. The largest absolute Gasteiger partial charge is 0.465 e. The van der Waals surface area contributed by atoms with Crippen LogP contribution in [0.1, 0.15) is 0 Å². The molecule has 128 valence electrons. The van der Waals surface area contributed by atoms with Crippen molar-refractivity contribution < 1.29 is 14.3 Å². The summed E-state index contributed by atoms with van der Waals surface area (Å²) in [5.41, 5.74) is 3.32. The van der Waals surface area contributed by atoms with E-state index >= 15 is 0 Å². The number of aromatic nitrogens is 2. The van der Waals surface area contributed by atoms with Gasteiger partial charge in [-0.2, -0.15) is 0 Å². The van der Waals surface area contributed by atoms with Gasteiger partial charge in [-0.3, -0.25) is 0 Å². The molecule has 3 aromatic rings. The Morgan fingerprint density at radius 3 is 2.72 bits per heavy atom. The van der Waals surface area contributed by atoms with Gasteiger partial charge in [0.15, 0.2) is 0 Å². The number of carboxylic acid groups (broad SMARTS) is 1. The van der Waals surface area contributed by atoms with Gasteiger partial charge in [0.05, 0.1) is 5.69 Å². The van der Waals surface area contributed by atoms with Gasteiger partial charge in [0, 0.05) is 49.5 Å². The maximum Gasteiger partial charge on any atom is 0.407 e. The van der Waals surface area contributed by atoms with Crippen LogP contribution in [0.4, 0.5) is 14.9 Å². The highest BCUT2D eigenvalue weighted by Crippen LogP contribution is 2.36. The van der Waals surface area contributed by atoms with E-state index in [2.05, 4.69) is 14.9 Å². The van der Waals surface area contributed by atoms with Crippen LogP contribution in [0, 0.1) is 5.82 Å². The summed E-state index contributed by atoms with van der Waals surface area (Å²) in [5.74, 6) is -0.298. The van der Waals surface area contributed by atoms with Crippen molar-refractivity contribution in [2.24, 2.45) is 0 Å². The van der Waals surface area contributed by atoms with Gasteiger partial charge in [-0.1, -0.05) is 12.1 Å². The first kappa shape index (κ1) is 15.4. The summed E-state index contributed by atoms with van der Waals surface area (Å²) in [7, 11) is 0. The number of pyridine rings is 1. The lowest BCUT2D eigenvalue weighted by molar-refractivity contribution is 0.142. The first-order valence-electron chi connectivity index (χ1n) is 8.08. The third kappa shape index (κ3) is 2.77. The molecule has 25 heavy (non-hydrogen) atoms. The Labute approximate surface area is 143 Å². The molecule has 0 radical (unpaired) electrons. The zero-order chi connectivity index (χ0) is 17.4. The van der Waals surface area contributed by atoms with E-state index in [0.717, 1.165) is 27.8 Å². The number of amides is 1. The summed E-state index contributed by atoms with van der Waals surface area (Å²) >= 11 is 0. The van der Waals surface area contributed by atoms with Crippen LogP contribution in [0.25, 0.3) is 22.2 Å². The fraction of sp³-hybridized carbons (Fsp3) is 0.222. The van der Waals surface area contributed by atoms with Crippen molar-refractivity contribution >= 4 is 22.8 Å². The number of hydrogen-bond donors (Lipinski definition) is 2. The second kappa shape index (κ2) is 6.08. The Hall–Kier alpha value is -3.09. The van der Waals surface area contributed by atoms with E-state index in [-0.39, 0.29) is 5.82 Å². The summed E-state index contributed by atoms with van der Waals surface area (Å²) < 4.78 is 13.7. The van der Waals surface area contributed by atoms with Crippen molar-refractivity contribution in [1.29, 1.82) is 0 Å². The van der Waals surface area contributed by atoms with Crippen LogP contribution in [-0.2, 0) is 0 Å². The molecule has 3 heterocycles. The van der Waals surface area contributed by atoms with Gasteiger partial charge in [0.2, 0.25) is 0 Å². The number of benzene rings is 1. The van der Waals surface area contributed by atoms with Gasteiger partial charge in [0.1, 0.15) is 11.5 Å². The van der Waals surface area contributed by atoms with Crippen LogP contribution in [0.2, 0.25) is 0 Å². The van der Waals surface area contributed by atoms with E-state index in [4.69, 9.17) is 5.11 Å². The molecule has 0 spiro atoms. The fourth-order valence-electron chi connectivity index (χ4n) is 3.32. The van der Waals surface area contributed by atoms with Crippen molar-refractivity contribution in [3.63, 3.8) is 0 Å². The molecule has 1 fully saturated rings. The predicted octanol–water partition coefficient (Wildman–Crippen LogP) is 3.17. The number of rotatable bonds is 2. The molecule has 0 bridgehead atoms. The summed E-state index contributed by atoms with van der Waals surface area (Å²) in [4.78, 5) is 22.2. The number of piperazine rings is 1. The van der Waals surface area contributed by atoms with Crippen molar-refractivity contribution in [3.8, 4) is 11.1 Å². The molecule has 1 amide bonds. The SMILES string of the molecule is O=C(O)N1CCN(c2c(-c3cccc(F)c3)cnc3[nH]ccc23)CC1. The number of H-pyrrole nitrogens is 1. The van der Waals surface area contributed by atoms with Crippen LogP contribution in [-0.4, -0.2) is 52.2 Å². The molecule has 2 aromatic heterocycles. The van der Waals surface area contributed by atoms with Crippen molar-refractivity contribution in [1.82, 2.24) is 14.9 Å². The lowest BCUT2D eigenvalue weighted by Crippen LogP contribution is -2.48. The zero-order valence-electron chi connectivity index (χ0n) is 13.4. The molecule has 0 saturated carbocycles. The normalized spacial score (nSPS) is 14.9. The van der Waals surface area contributed by atoms with E-state index in [0.29, 0.717) is 26.2 Å². The monoisotopic (exact) mass is 340 g/mol. The molecule has 1 aliphatic heterocycles. The predicted molar refractivity (Wildman–Crippen MR) is 93.3 cm³/mol. The number of nitrogens with one attached hydrogen (secondary N) is 1. The molecule has 2 N–H and O–H groups in total. The first-order valence-corrected chi connectivity index (χ1v) is 8.08. The van der Waals surface area contributed by atoms with E-state index in [1.807, 2.05) is 18.3 Å². The van der Waals surface area contributed by atoms with Crippen molar-refractivity contribution in [2.75, 3.05) is 31.1 Å². The average molecular weight is 340 g/mol. The summed E-state index contributed by atoms with van der Waals surface area (Å²) in [6, 6.07) is 8.39. The average Bonchev–Trinajstić information content (AvgIpc) is 3.09. The minimum Gasteiger partial charge on any atom is -0.465 e. The molecule has 1 aliphatic rings. The van der Waals surface area contributed by atoms with Gasteiger partial charge < -0.3 is 19.9 Å². The number of halogens is 1. The highest BCUT2D eigenvalue weighted by Gasteiger charge is 2.24. The van der Waals surface area contributed by atoms with Crippen molar-refractivity contribution in [3.05, 3.63) is 48.5 Å².